The Hall–Kier alpha value is -1.55. The van der Waals surface area contributed by atoms with Gasteiger partial charge in [0.25, 0.3) is 0 Å². The van der Waals surface area contributed by atoms with Gasteiger partial charge in [-0.15, -0.1) is 0 Å². The van der Waals surface area contributed by atoms with Crippen molar-refractivity contribution in [2.45, 2.75) is 25.7 Å². The van der Waals surface area contributed by atoms with Crippen LogP contribution in [0.3, 0.4) is 0 Å². The van der Waals surface area contributed by atoms with Gasteiger partial charge in [-0.1, -0.05) is 0 Å². The zero-order valence-electron chi connectivity index (χ0n) is 11.9. The molecule has 0 saturated carbocycles. The van der Waals surface area contributed by atoms with Crippen molar-refractivity contribution < 1.29 is 9.59 Å². The van der Waals surface area contributed by atoms with Gasteiger partial charge < -0.3 is 9.80 Å². The summed E-state index contributed by atoms with van der Waals surface area (Å²) in [4.78, 5) is 27.2. The highest BCUT2D eigenvalue weighted by Crippen LogP contribution is 2.29. The molecule has 2 heterocycles. The van der Waals surface area contributed by atoms with Gasteiger partial charge in [-0.3, -0.25) is 9.59 Å². The first-order valence-electron chi connectivity index (χ1n) is 7.50. The quantitative estimate of drug-likeness (QED) is 0.806. The summed E-state index contributed by atoms with van der Waals surface area (Å²) >= 11 is 5.50. The average Bonchev–Trinajstić information content (AvgIpc) is 2.91. The Balaban J connectivity index is 1.72. The second-order valence-electron chi connectivity index (χ2n) is 5.77. The summed E-state index contributed by atoms with van der Waals surface area (Å²) in [5.74, 6) is -0.402. The first-order valence-corrected chi connectivity index (χ1v) is 7.87. The number of anilines is 2. The maximum atomic E-state index is 12.0. The van der Waals surface area contributed by atoms with Crippen molar-refractivity contribution in [3.8, 4) is 0 Å². The Bertz CT molecular complexity index is 538. The van der Waals surface area contributed by atoms with E-state index in [-0.39, 0.29) is 18.2 Å². The molecule has 0 bridgehead atoms. The van der Waals surface area contributed by atoms with Crippen LogP contribution in [0.15, 0.2) is 24.3 Å². The van der Waals surface area contributed by atoms with Gasteiger partial charge >= 0.3 is 0 Å². The highest BCUT2D eigenvalue weighted by Gasteiger charge is 2.34. The first kappa shape index (κ1) is 14.4. The van der Waals surface area contributed by atoms with E-state index >= 15 is 0 Å². The van der Waals surface area contributed by atoms with E-state index in [0.717, 1.165) is 18.8 Å². The van der Waals surface area contributed by atoms with Crippen molar-refractivity contribution in [1.29, 1.82) is 0 Å². The second-order valence-corrected chi connectivity index (χ2v) is 6.15. The van der Waals surface area contributed by atoms with Crippen molar-refractivity contribution in [3.05, 3.63) is 24.3 Å². The van der Waals surface area contributed by atoms with Crippen LogP contribution in [-0.2, 0) is 9.59 Å². The summed E-state index contributed by atoms with van der Waals surface area (Å²) in [5, 5.41) is -0.421. The Morgan fingerprint density at radius 2 is 1.67 bits per heavy atom. The molecule has 1 aromatic carbocycles. The van der Waals surface area contributed by atoms with E-state index in [0.29, 0.717) is 6.54 Å². The molecule has 21 heavy (non-hydrogen) atoms. The van der Waals surface area contributed by atoms with Gasteiger partial charge in [0.2, 0.25) is 11.1 Å². The molecule has 2 saturated heterocycles. The molecule has 4 nitrogen and oxygen atoms in total. The molecule has 1 unspecified atom stereocenters. The lowest BCUT2D eigenvalue weighted by Gasteiger charge is -2.29. The van der Waals surface area contributed by atoms with Crippen molar-refractivity contribution >= 4 is 34.1 Å². The van der Waals surface area contributed by atoms with Crippen LogP contribution in [0.4, 0.5) is 11.4 Å². The van der Waals surface area contributed by atoms with Crippen molar-refractivity contribution in [2.75, 3.05) is 29.4 Å². The lowest BCUT2D eigenvalue weighted by atomic mass is 10.1. The minimum Gasteiger partial charge on any atom is -0.372 e. The fraction of sp³-hybridized carbons (Fsp3) is 0.500. The van der Waals surface area contributed by atoms with Crippen LogP contribution < -0.4 is 9.80 Å². The zero-order chi connectivity index (χ0) is 14.8. The smallest absolute Gasteiger partial charge is 0.227 e. The second kappa shape index (κ2) is 6.06. The van der Waals surface area contributed by atoms with E-state index in [1.165, 1.54) is 24.9 Å². The maximum absolute atomic E-state index is 12.0. The van der Waals surface area contributed by atoms with E-state index in [1.807, 2.05) is 12.1 Å². The number of amides is 1. The summed E-state index contributed by atoms with van der Waals surface area (Å²) in [5.41, 5.74) is 2.05. The number of benzene rings is 1. The molecular formula is C16H19ClN2O2. The molecule has 2 aliphatic heterocycles. The molecule has 1 atom stereocenters. The highest BCUT2D eigenvalue weighted by molar-refractivity contribution is 6.64. The molecule has 5 heteroatoms. The molecule has 112 valence electrons. The van der Waals surface area contributed by atoms with Crippen molar-refractivity contribution in [3.63, 3.8) is 0 Å². The highest BCUT2D eigenvalue weighted by atomic mass is 35.5. The summed E-state index contributed by atoms with van der Waals surface area (Å²) in [7, 11) is 0. The van der Waals surface area contributed by atoms with Crippen LogP contribution in [0.5, 0.6) is 0 Å². The van der Waals surface area contributed by atoms with Crippen molar-refractivity contribution in [1.82, 2.24) is 0 Å². The molecular weight excluding hydrogens is 288 g/mol. The third-order valence-corrected chi connectivity index (χ3v) is 4.64. The number of piperidine rings is 1. The van der Waals surface area contributed by atoms with Crippen molar-refractivity contribution in [2.24, 2.45) is 5.92 Å². The first-order chi connectivity index (χ1) is 10.1. The largest absolute Gasteiger partial charge is 0.372 e. The van der Waals surface area contributed by atoms with Crippen LogP contribution in [0.1, 0.15) is 25.7 Å². The van der Waals surface area contributed by atoms with Gasteiger partial charge in [0, 0.05) is 37.4 Å². The summed E-state index contributed by atoms with van der Waals surface area (Å²) < 4.78 is 0. The van der Waals surface area contributed by atoms with Gasteiger partial charge in [0.05, 0.1) is 5.92 Å². The molecule has 3 rings (SSSR count). The minimum absolute atomic E-state index is 0.0280. The standard InChI is InChI=1S/C16H19ClN2O2/c17-16(21)12-10-15(20)19(11-12)14-6-4-13(5-7-14)18-8-2-1-3-9-18/h4-7,12H,1-3,8-11H2. The Labute approximate surface area is 129 Å². The van der Waals surface area contributed by atoms with E-state index in [1.54, 1.807) is 4.90 Å². The lowest BCUT2D eigenvalue weighted by molar-refractivity contribution is -0.120. The normalized spacial score (nSPS) is 22.7. The molecule has 0 radical (unpaired) electrons. The monoisotopic (exact) mass is 306 g/mol. The van der Waals surface area contributed by atoms with Gasteiger partial charge in [0.1, 0.15) is 0 Å². The van der Waals surface area contributed by atoms with Crippen LogP contribution in [0, 0.1) is 5.92 Å². The van der Waals surface area contributed by atoms with E-state index in [4.69, 9.17) is 11.6 Å². The fourth-order valence-electron chi connectivity index (χ4n) is 3.10. The van der Waals surface area contributed by atoms with E-state index in [9.17, 15) is 9.59 Å². The Morgan fingerprint density at radius 3 is 2.24 bits per heavy atom. The van der Waals surface area contributed by atoms with Crippen LogP contribution in [0.2, 0.25) is 0 Å². The SMILES string of the molecule is O=C(Cl)C1CC(=O)N(c2ccc(N3CCCCC3)cc2)C1. The van der Waals surface area contributed by atoms with Gasteiger partial charge in [-0.25, -0.2) is 0 Å². The molecule has 0 aliphatic carbocycles. The van der Waals surface area contributed by atoms with Crippen LogP contribution >= 0.6 is 11.6 Å². The van der Waals surface area contributed by atoms with Gasteiger partial charge in [-0.2, -0.15) is 0 Å². The number of halogens is 1. The molecule has 2 aliphatic rings. The number of carbonyl (C=O) groups excluding carboxylic acids is 2. The minimum atomic E-state index is -0.421. The number of hydrogen-bond donors (Lipinski definition) is 0. The lowest BCUT2D eigenvalue weighted by Crippen LogP contribution is -2.29. The average molecular weight is 307 g/mol. The van der Waals surface area contributed by atoms with Crippen LogP contribution in [-0.4, -0.2) is 30.8 Å². The zero-order valence-corrected chi connectivity index (χ0v) is 12.7. The van der Waals surface area contributed by atoms with Gasteiger partial charge in [-0.05, 0) is 55.1 Å². The fourth-order valence-corrected chi connectivity index (χ4v) is 3.25. The number of rotatable bonds is 3. The summed E-state index contributed by atoms with van der Waals surface area (Å²) in [6.07, 6.45) is 4.01. The molecule has 0 N–H and O–H groups in total. The maximum Gasteiger partial charge on any atom is 0.227 e. The summed E-state index contributed by atoms with van der Waals surface area (Å²) in [6.45, 7) is 2.60. The Kier molecular flexibility index (Phi) is 4.15. The number of nitrogens with zero attached hydrogens (tertiary/aromatic N) is 2. The molecule has 0 aromatic heterocycles. The predicted octanol–water partition coefficient (Wildman–Crippen LogP) is 2.80. The number of hydrogen-bond acceptors (Lipinski definition) is 3. The third-order valence-electron chi connectivity index (χ3n) is 4.33. The molecule has 0 spiro atoms. The van der Waals surface area contributed by atoms with E-state index in [2.05, 4.69) is 17.0 Å². The van der Waals surface area contributed by atoms with Gasteiger partial charge in [0.15, 0.2) is 0 Å². The topological polar surface area (TPSA) is 40.6 Å². The summed E-state index contributed by atoms with van der Waals surface area (Å²) in [6, 6.07) is 8.04. The Morgan fingerprint density at radius 1 is 1.05 bits per heavy atom. The van der Waals surface area contributed by atoms with Crippen LogP contribution in [0.25, 0.3) is 0 Å². The van der Waals surface area contributed by atoms with E-state index < -0.39 is 5.24 Å². The predicted molar refractivity (Wildman–Crippen MR) is 83.8 cm³/mol. The molecule has 1 amide bonds. The third kappa shape index (κ3) is 3.05. The molecule has 2 fully saturated rings. The number of carbonyl (C=O) groups is 2. The molecule has 1 aromatic rings.